The zero-order valence-corrected chi connectivity index (χ0v) is 19.1. The third-order valence-electron chi connectivity index (χ3n) is 5.09. The van der Waals surface area contributed by atoms with Crippen molar-refractivity contribution in [1.82, 2.24) is 10.2 Å². The van der Waals surface area contributed by atoms with Crippen molar-refractivity contribution >= 4 is 35.0 Å². The van der Waals surface area contributed by atoms with Gasteiger partial charge in [0.1, 0.15) is 19.3 Å². The molecule has 3 rings (SSSR count). The maximum Gasteiger partial charge on any atom is 0.242 e. The Morgan fingerprint density at radius 1 is 1.03 bits per heavy atom. The molecule has 0 aromatic heterocycles. The van der Waals surface area contributed by atoms with E-state index in [1.54, 1.807) is 30.0 Å². The van der Waals surface area contributed by atoms with E-state index in [4.69, 9.17) is 32.7 Å². The monoisotopic (exact) mass is 464 g/mol. The van der Waals surface area contributed by atoms with E-state index in [1.165, 1.54) is 0 Å². The Morgan fingerprint density at radius 3 is 2.45 bits per heavy atom. The Morgan fingerprint density at radius 2 is 1.74 bits per heavy atom. The third-order valence-corrected chi connectivity index (χ3v) is 5.83. The lowest BCUT2D eigenvalue weighted by molar-refractivity contribution is -0.140. The first kappa shape index (κ1) is 23.2. The van der Waals surface area contributed by atoms with Gasteiger partial charge >= 0.3 is 0 Å². The SMILES string of the molecule is CCNC(=O)[C@@H](C)N(Cc1ccc(Cl)c(Cl)c1)C(=O)CCc1ccc2c(c1)OCCO2. The summed E-state index contributed by atoms with van der Waals surface area (Å²) in [5.74, 6) is 1.09. The Labute approximate surface area is 192 Å². The number of fused-ring (bicyclic) bond motifs is 1. The maximum atomic E-state index is 13.1. The first-order valence-electron chi connectivity index (χ1n) is 10.3. The molecule has 1 aliphatic rings. The van der Waals surface area contributed by atoms with Crippen molar-refractivity contribution in [2.75, 3.05) is 19.8 Å². The number of likely N-dealkylation sites (N-methyl/N-ethyl adjacent to an activating group) is 1. The van der Waals surface area contributed by atoms with Crippen molar-refractivity contribution in [3.63, 3.8) is 0 Å². The summed E-state index contributed by atoms with van der Waals surface area (Å²) in [6.07, 6.45) is 0.778. The van der Waals surface area contributed by atoms with E-state index in [-0.39, 0.29) is 24.8 Å². The van der Waals surface area contributed by atoms with Gasteiger partial charge in [-0.25, -0.2) is 0 Å². The largest absolute Gasteiger partial charge is 0.486 e. The lowest BCUT2D eigenvalue weighted by Gasteiger charge is -2.29. The van der Waals surface area contributed by atoms with Gasteiger partial charge in [0.05, 0.1) is 10.0 Å². The number of benzene rings is 2. The van der Waals surface area contributed by atoms with Crippen LogP contribution in [0, 0.1) is 0 Å². The van der Waals surface area contributed by atoms with Gasteiger partial charge in [-0.1, -0.05) is 35.3 Å². The topological polar surface area (TPSA) is 67.9 Å². The molecule has 2 aromatic carbocycles. The normalized spacial score (nSPS) is 13.4. The number of nitrogens with zero attached hydrogens (tertiary/aromatic N) is 1. The predicted octanol–water partition coefficient (Wildman–Crippen LogP) is 4.25. The number of halogens is 2. The van der Waals surface area contributed by atoms with E-state index in [9.17, 15) is 9.59 Å². The maximum absolute atomic E-state index is 13.1. The third kappa shape index (κ3) is 6.05. The van der Waals surface area contributed by atoms with Crippen molar-refractivity contribution < 1.29 is 19.1 Å². The van der Waals surface area contributed by atoms with Crippen LogP contribution in [0.3, 0.4) is 0 Å². The molecule has 0 saturated heterocycles. The summed E-state index contributed by atoms with van der Waals surface area (Å²) in [7, 11) is 0. The highest BCUT2D eigenvalue weighted by atomic mass is 35.5. The summed E-state index contributed by atoms with van der Waals surface area (Å²) in [4.78, 5) is 27.2. The molecule has 2 amide bonds. The number of carbonyl (C=O) groups excluding carboxylic acids is 2. The summed E-state index contributed by atoms with van der Waals surface area (Å²) in [6, 6.07) is 10.3. The van der Waals surface area contributed by atoms with Crippen LogP contribution in [0.25, 0.3) is 0 Å². The molecular weight excluding hydrogens is 439 g/mol. The Bertz CT molecular complexity index is 951. The molecule has 1 atom stereocenters. The van der Waals surface area contributed by atoms with Gasteiger partial charge in [-0.05, 0) is 55.7 Å². The van der Waals surface area contributed by atoms with Crippen molar-refractivity contribution in [2.45, 2.75) is 39.3 Å². The van der Waals surface area contributed by atoms with Gasteiger partial charge in [-0.15, -0.1) is 0 Å². The van der Waals surface area contributed by atoms with Crippen molar-refractivity contribution in [1.29, 1.82) is 0 Å². The number of rotatable bonds is 8. The first-order chi connectivity index (χ1) is 14.9. The van der Waals surface area contributed by atoms with Crippen LogP contribution in [-0.2, 0) is 22.6 Å². The van der Waals surface area contributed by atoms with Crippen LogP contribution >= 0.6 is 23.2 Å². The molecule has 31 heavy (non-hydrogen) atoms. The summed E-state index contributed by atoms with van der Waals surface area (Å²) in [5, 5.41) is 3.64. The zero-order chi connectivity index (χ0) is 22.4. The van der Waals surface area contributed by atoms with Gasteiger partial charge in [0.2, 0.25) is 11.8 Å². The fraction of sp³-hybridized carbons (Fsp3) is 0.391. The van der Waals surface area contributed by atoms with Crippen LogP contribution in [-0.4, -0.2) is 42.5 Å². The molecule has 1 aliphatic heterocycles. The van der Waals surface area contributed by atoms with Crippen molar-refractivity contribution in [2.24, 2.45) is 0 Å². The van der Waals surface area contributed by atoms with Gasteiger partial charge in [-0.3, -0.25) is 9.59 Å². The fourth-order valence-corrected chi connectivity index (χ4v) is 3.70. The van der Waals surface area contributed by atoms with Crippen LogP contribution in [0.1, 0.15) is 31.4 Å². The summed E-state index contributed by atoms with van der Waals surface area (Å²) in [5.41, 5.74) is 1.77. The summed E-state index contributed by atoms with van der Waals surface area (Å²) < 4.78 is 11.2. The number of nitrogens with one attached hydrogen (secondary N) is 1. The highest BCUT2D eigenvalue weighted by molar-refractivity contribution is 6.42. The van der Waals surface area contributed by atoms with Crippen LogP contribution in [0.15, 0.2) is 36.4 Å². The molecule has 0 saturated carbocycles. The molecule has 0 fully saturated rings. The Hall–Kier alpha value is -2.44. The number of hydrogen-bond acceptors (Lipinski definition) is 4. The zero-order valence-electron chi connectivity index (χ0n) is 17.6. The van der Waals surface area contributed by atoms with Crippen LogP contribution in [0.5, 0.6) is 11.5 Å². The van der Waals surface area contributed by atoms with E-state index in [0.29, 0.717) is 47.7 Å². The molecule has 0 radical (unpaired) electrons. The van der Waals surface area contributed by atoms with Gasteiger partial charge < -0.3 is 19.7 Å². The van der Waals surface area contributed by atoms with Gasteiger partial charge in [-0.2, -0.15) is 0 Å². The Balaban J connectivity index is 1.73. The number of amides is 2. The second-order valence-corrected chi connectivity index (χ2v) is 8.13. The highest BCUT2D eigenvalue weighted by Crippen LogP contribution is 2.31. The number of carbonyl (C=O) groups is 2. The molecule has 0 aliphatic carbocycles. The molecular formula is C23H26Cl2N2O4. The molecule has 0 spiro atoms. The standard InChI is InChI=1S/C23H26Cl2N2O4/c1-3-26-23(29)15(2)27(14-17-4-7-18(24)19(25)12-17)22(28)9-6-16-5-8-20-21(13-16)31-11-10-30-20/h4-5,7-8,12-13,15H,3,6,9-11,14H2,1-2H3,(H,26,29)/t15-/m1/s1. The molecule has 6 nitrogen and oxygen atoms in total. The van der Waals surface area contributed by atoms with E-state index >= 15 is 0 Å². The highest BCUT2D eigenvalue weighted by Gasteiger charge is 2.26. The summed E-state index contributed by atoms with van der Waals surface area (Å²) in [6.45, 7) is 5.37. The van der Waals surface area contributed by atoms with Crippen molar-refractivity contribution in [3.05, 3.63) is 57.6 Å². The van der Waals surface area contributed by atoms with Crippen LogP contribution in [0.4, 0.5) is 0 Å². The minimum Gasteiger partial charge on any atom is -0.486 e. The second kappa shape index (κ2) is 10.7. The minimum absolute atomic E-state index is 0.125. The molecule has 166 valence electrons. The second-order valence-electron chi connectivity index (χ2n) is 7.32. The van der Waals surface area contributed by atoms with E-state index in [2.05, 4.69) is 5.32 Å². The average Bonchev–Trinajstić information content (AvgIpc) is 2.77. The molecule has 0 unspecified atom stereocenters. The first-order valence-corrected chi connectivity index (χ1v) is 11.0. The molecule has 1 N–H and O–H groups in total. The lowest BCUT2D eigenvalue weighted by atomic mass is 10.1. The summed E-state index contributed by atoms with van der Waals surface area (Å²) >= 11 is 12.1. The van der Waals surface area contributed by atoms with Gasteiger partial charge in [0.15, 0.2) is 11.5 Å². The van der Waals surface area contributed by atoms with E-state index in [1.807, 2.05) is 25.1 Å². The average molecular weight is 465 g/mol. The van der Waals surface area contributed by atoms with Crippen LogP contribution in [0.2, 0.25) is 10.0 Å². The van der Waals surface area contributed by atoms with E-state index in [0.717, 1.165) is 11.1 Å². The number of hydrogen-bond donors (Lipinski definition) is 1. The molecule has 0 bridgehead atoms. The Kier molecular flexibility index (Phi) is 8.04. The molecule has 8 heteroatoms. The number of aryl methyl sites for hydroxylation is 1. The number of ether oxygens (including phenoxy) is 2. The predicted molar refractivity (Wildman–Crippen MR) is 121 cm³/mol. The lowest BCUT2D eigenvalue weighted by Crippen LogP contribution is -2.47. The van der Waals surface area contributed by atoms with Gasteiger partial charge in [0.25, 0.3) is 0 Å². The molecule has 1 heterocycles. The van der Waals surface area contributed by atoms with Crippen molar-refractivity contribution in [3.8, 4) is 11.5 Å². The van der Waals surface area contributed by atoms with Crippen LogP contribution < -0.4 is 14.8 Å². The smallest absolute Gasteiger partial charge is 0.242 e. The van der Waals surface area contributed by atoms with E-state index < -0.39 is 6.04 Å². The molecule has 2 aromatic rings. The fourth-order valence-electron chi connectivity index (χ4n) is 3.38. The van der Waals surface area contributed by atoms with Gasteiger partial charge in [0, 0.05) is 19.5 Å². The quantitative estimate of drug-likeness (QED) is 0.633. The minimum atomic E-state index is -0.623.